The summed E-state index contributed by atoms with van der Waals surface area (Å²) in [5.74, 6) is -1.86. The lowest BCUT2D eigenvalue weighted by Gasteiger charge is -2.18. The Balaban J connectivity index is 3.81. The number of phosphoric acid groups is 1. The van der Waals surface area contributed by atoms with Gasteiger partial charge in [0.2, 0.25) is 11.8 Å². The van der Waals surface area contributed by atoms with Gasteiger partial charge in [0, 0.05) is 45.9 Å². The number of hydrogen-bond donors (Lipinski definition) is 4. The largest absolute Gasteiger partial charge is 0.472 e. The zero-order valence-electron chi connectivity index (χ0n) is 21.8. The Hall–Kier alpha value is -2.13. The van der Waals surface area contributed by atoms with Crippen LogP contribution in [0.2, 0.25) is 0 Å². The maximum absolute atomic E-state index is 11.9. The third kappa shape index (κ3) is 24.0. The first-order chi connectivity index (χ1) is 17.4. The number of amides is 2. The zero-order chi connectivity index (χ0) is 28.1. The highest BCUT2D eigenvalue weighted by Crippen LogP contribution is 2.43. The summed E-state index contributed by atoms with van der Waals surface area (Å²) in [4.78, 5) is 54.9. The number of nitrogens with one attached hydrogen (secondary N) is 3. The molecule has 15 nitrogen and oxygen atoms in total. The van der Waals surface area contributed by atoms with Crippen LogP contribution in [0, 0.1) is 0 Å². The van der Waals surface area contributed by atoms with Crippen LogP contribution in [0.1, 0.15) is 34.1 Å². The first-order valence-corrected chi connectivity index (χ1v) is 13.3. The van der Waals surface area contributed by atoms with E-state index in [1.54, 1.807) is 0 Å². The normalized spacial score (nSPS) is 13.5. The molecule has 37 heavy (non-hydrogen) atoms. The van der Waals surface area contributed by atoms with Crippen LogP contribution >= 0.6 is 7.82 Å². The molecule has 0 heterocycles. The molecular formula is C21H40N3O12P. The van der Waals surface area contributed by atoms with Gasteiger partial charge in [0.15, 0.2) is 6.10 Å². The summed E-state index contributed by atoms with van der Waals surface area (Å²) in [6.45, 7) is 6.35. The van der Waals surface area contributed by atoms with E-state index in [1.807, 2.05) is 13.8 Å². The lowest BCUT2D eigenvalue weighted by molar-refractivity contribution is -0.158. The summed E-state index contributed by atoms with van der Waals surface area (Å²) in [7, 11) is -4.51. The Morgan fingerprint density at radius 2 is 1.46 bits per heavy atom. The van der Waals surface area contributed by atoms with Gasteiger partial charge in [-0.25, -0.2) is 4.57 Å². The number of esters is 2. The molecule has 216 valence electrons. The standard InChI is InChI=1S/C21H40N3O12P/c1-16(2)22-6-5-20(27)23-7-9-31-11-12-32-15-21(28)24-8-10-34-37(29,30)35-14-19(36-18(4)26)13-33-17(3)25/h16,19,22H,5-15H2,1-4H3,(H,23,27)(H,24,28)(H,29,30)/t19-/m1/s1. The monoisotopic (exact) mass is 557 g/mol. The molecule has 0 saturated carbocycles. The average molecular weight is 558 g/mol. The Morgan fingerprint density at radius 1 is 0.811 bits per heavy atom. The Kier molecular flexibility index (Phi) is 19.7. The molecule has 0 aliphatic heterocycles. The lowest BCUT2D eigenvalue weighted by atomic mass is 10.3. The van der Waals surface area contributed by atoms with Gasteiger partial charge in [-0.15, -0.1) is 0 Å². The molecule has 0 fully saturated rings. The van der Waals surface area contributed by atoms with Gasteiger partial charge in [0.25, 0.3) is 0 Å². The molecule has 0 spiro atoms. The van der Waals surface area contributed by atoms with Crippen LogP contribution in [0.4, 0.5) is 0 Å². The number of hydrogen-bond acceptors (Lipinski definition) is 12. The summed E-state index contributed by atoms with van der Waals surface area (Å²) in [6.07, 6.45) is -0.708. The summed E-state index contributed by atoms with van der Waals surface area (Å²) >= 11 is 0. The number of phosphoric ester groups is 1. The average Bonchev–Trinajstić information content (AvgIpc) is 2.79. The van der Waals surface area contributed by atoms with Gasteiger partial charge in [0.1, 0.15) is 13.2 Å². The molecular weight excluding hydrogens is 517 g/mol. The molecule has 0 aliphatic carbocycles. The van der Waals surface area contributed by atoms with Crippen LogP contribution in [0.3, 0.4) is 0 Å². The van der Waals surface area contributed by atoms with Gasteiger partial charge < -0.3 is 39.8 Å². The molecule has 0 aromatic rings. The van der Waals surface area contributed by atoms with Gasteiger partial charge >= 0.3 is 19.8 Å². The van der Waals surface area contributed by atoms with Crippen molar-refractivity contribution in [2.24, 2.45) is 0 Å². The van der Waals surface area contributed by atoms with Gasteiger partial charge in [-0.3, -0.25) is 28.2 Å². The van der Waals surface area contributed by atoms with Crippen molar-refractivity contribution in [1.29, 1.82) is 0 Å². The van der Waals surface area contributed by atoms with E-state index in [0.717, 1.165) is 13.8 Å². The van der Waals surface area contributed by atoms with Gasteiger partial charge in [-0.05, 0) is 0 Å². The van der Waals surface area contributed by atoms with Crippen LogP contribution < -0.4 is 16.0 Å². The van der Waals surface area contributed by atoms with Crippen molar-refractivity contribution in [3.63, 3.8) is 0 Å². The quantitative estimate of drug-likeness (QED) is 0.0739. The highest BCUT2D eigenvalue weighted by Gasteiger charge is 2.25. The molecule has 0 radical (unpaired) electrons. The highest BCUT2D eigenvalue weighted by molar-refractivity contribution is 7.47. The second kappa shape index (κ2) is 20.9. The van der Waals surface area contributed by atoms with Crippen molar-refractivity contribution in [2.45, 2.75) is 46.3 Å². The van der Waals surface area contributed by atoms with E-state index in [9.17, 15) is 28.6 Å². The zero-order valence-corrected chi connectivity index (χ0v) is 22.7. The molecule has 0 rings (SSSR count). The molecule has 2 atom stereocenters. The summed E-state index contributed by atoms with van der Waals surface area (Å²) in [5, 5.41) is 8.31. The lowest BCUT2D eigenvalue weighted by Crippen LogP contribution is -2.32. The van der Waals surface area contributed by atoms with Crippen molar-refractivity contribution in [1.82, 2.24) is 16.0 Å². The molecule has 2 amide bonds. The van der Waals surface area contributed by atoms with Crippen LogP contribution in [-0.4, -0.2) is 107 Å². The first kappa shape index (κ1) is 34.9. The van der Waals surface area contributed by atoms with Crippen LogP contribution in [0.25, 0.3) is 0 Å². The third-order valence-corrected chi connectivity index (χ3v) is 4.97. The van der Waals surface area contributed by atoms with Crippen molar-refractivity contribution in [3.05, 3.63) is 0 Å². The van der Waals surface area contributed by atoms with E-state index in [0.29, 0.717) is 32.2 Å². The number of ether oxygens (including phenoxy) is 4. The Bertz CT molecular complexity index is 738. The minimum absolute atomic E-state index is 0.0665. The number of carbonyl (C=O) groups excluding carboxylic acids is 4. The van der Waals surface area contributed by atoms with Gasteiger partial charge in [-0.1, -0.05) is 13.8 Å². The molecule has 16 heteroatoms. The second-order valence-electron chi connectivity index (χ2n) is 7.86. The van der Waals surface area contributed by atoms with Crippen LogP contribution in [0.5, 0.6) is 0 Å². The molecule has 0 aliphatic rings. The minimum atomic E-state index is -4.51. The van der Waals surface area contributed by atoms with Gasteiger partial charge in [0.05, 0.1) is 33.0 Å². The summed E-state index contributed by atoms with van der Waals surface area (Å²) in [6, 6.07) is 0.325. The molecule has 0 bridgehead atoms. The Morgan fingerprint density at radius 3 is 2.11 bits per heavy atom. The SMILES string of the molecule is CC(=O)OC[C@H](COP(=O)(O)OCCNC(=O)COCCOCCNC(=O)CCNC(C)C)OC(C)=O. The fourth-order valence-corrected chi connectivity index (χ4v) is 3.14. The van der Waals surface area contributed by atoms with E-state index in [-0.39, 0.29) is 45.5 Å². The highest BCUT2D eigenvalue weighted by atomic mass is 31.2. The van der Waals surface area contributed by atoms with Crippen molar-refractivity contribution in [3.8, 4) is 0 Å². The fraction of sp³-hybridized carbons (Fsp3) is 0.810. The number of rotatable bonds is 22. The summed E-state index contributed by atoms with van der Waals surface area (Å²) in [5.41, 5.74) is 0. The predicted molar refractivity (Wildman–Crippen MR) is 129 cm³/mol. The van der Waals surface area contributed by atoms with E-state index in [4.69, 9.17) is 28.0 Å². The van der Waals surface area contributed by atoms with Crippen molar-refractivity contribution >= 4 is 31.6 Å². The second-order valence-corrected chi connectivity index (χ2v) is 9.31. The maximum atomic E-state index is 11.9. The van der Waals surface area contributed by atoms with Crippen molar-refractivity contribution < 1.29 is 56.6 Å². The van der Waals surface area contributed by atoms with Gasteiger partial charge in [-0.2, -0.15) is 0 Å². The van der Waals surface area contributed by atoms with E-state index >= 15 is 0 Å². The molecule has 0 aromatic heterocycles. The first-order valence-electron chi connectivity index (χ1n) is 11.8. The molecule has 0 aromatic carbocycles. The molecule has 0 saturated heterocycles. The summed E-state index contributed by atoms with van der Waals surface area (Å²) < 4.78 is 41.3. The maximum Gasteiger partial charge on any atom is 0.472 e. The number of carbonyl (C=O) groups is 4. The third-order valence-electron chi connectivity index (χ3n) is 3.99. The van der Waals surface area contributed by atoms with Crippen molar-refractivity contribution in [2.75, 3.05) is 65.9 Å². The van der Waals surface area contributed by atoms with E-state index in [1.165, 1.54) is 0 Å². The van der Waals surface area contributed by atoms with Crippen LogP contribution in [0.15, 0.2) is 0 Å². The molecule has 4 N–H and O–H groups in total. The van der Waals surface area contributed by atoms with Crippen LogP contribution in [-0.2, 0) is 51.7 Å². The molecule has 1 unspecified atom stereocenters. The topological polar surface area (TPSA) is 197 Å². The van der Waals surface area contributed by atoms with E-state index < -0.39 is 38.4 Å². The predicted octanol–water partition coefficient (Wildman–Crippen LogP) is -0.731. The minimum Gasteiger partial charge on any atom is -0.462 e. The smallest absolute Gasteiger partial charge is 0.462 e. The fourth-order valence-electron chi connectivity index (χ4n) is 2.39. The Labute approximate surface area is 216 Å². The van der Waals surface area contributed by atoms with E-state index in [2.05, 4.69) is 16.0 Å².